The number of anilines is 1. The van der Waals surface area contributed by atoms with Crippen LogP contribution in [-0.4, -0.2) is 22.8 Å². The summed E-state index contributed by atoms with van der Waals surface area (Å²) in [5, 5.41) is 8.59. The molecule has 1 aromatic heterocycles. The van der Waals surface area contributed by atoms with Crippen LogP contribution in [0.5, 0.6) is 0 Å². The topological polar surface area (TPSA) is 69.9 Å². The first-order valence-corrected chi connectivity index (χ1v) is 4.04. The van der Waals surface area contributed by atoms with Crippen LogP contribution in [0.1, 0.15) is 23.0 Å². The lowest BCUT2D eigenvalue weighted by molar-refractivity contribution is 0.101. The Hall–Kier alpha value is -1.96. The van der Waals surface area contributed by atoms with Gasteiger partial charge in [0.15, 0.2) is 12.0 Å². The highest BCUT2D eigenvalue weighted by atomic mass is 16.1. The van der Waals surface area contributed by atoms with E-state index in [1.807, 2.05) is 6.19 Å². The van der Waals surface area contributed by atoms with Gasteiger partial charge in [-0.05, 0) is 13.8 Å². The maximum atomic E-state index is 11.1. The lowest BCUT2D eigenvalue weighted by atomic mass is 10.2. The Morgan fingerprint density at radius 2 is 2.29 bits per heavy atom. The number of nitriles is 1. The SMILES string of the molecule is CC(=O)c1cnc(N(C)C#N)nc1C. The summed E-state index contributed by atoms with van der Waals surface area (Å²) in [6.45, 7) is 3.17. The van der Waals surface area contributed by atoms with Crippen molar-refractivity contribution in [2.45, 2.75) is 13.8 Å². The van der Waals surface area contributed by atoms with Gasteiger partial charge in [-0.1, -0.05) is 0 Å². The van der Waals surface area contributed by atoms with Crippen molar-refractivity contribution in [3.05, 3.63) is 17.5 Å². The first-order valence-electron chi connectivity index (χ1n) is 4.04. The molecule has 0 amide bonds. The van der Waals surface area contributed by atoms with Crippen LogP contribution in [0.3, 0.4) is 0 Å². The van der Waals surface area contributed by atoms with E-state index in [9.17, 15) is 4.79 Å². The third kappa shape index (κ3) is 1.85. The molecule has 1 aromatic rings. The summed E-state index contributed by atoms with van der Waals surface area (Å²) in [5.41, 5.74) is 1.07. The van der Waals surface area contributed by atoms with Crippen molar-refractivity contribution in [3.63, 3.8) is 0 Å². The molecule has 0 bridgehead atoms. The van der Waals surface area contributed by atoms with Crippen molar-refractivity contribution >= 4 is 11.7 Å². The molecule has 1 heterocycles. The lowest BCUT2D eigenvalue weighted by Gasteiger charge is -2.08. The molecule has 0 saturated carbocycles. The van der Waals surface area contributed by atoms with E-state index < -0.39 is 0 Å². The molecule has 0 aliphatic carbocycles. The fourth-order valence-corrected chi connectivity index (χ4v) is 1.01. The predicted molar refractivity (Wildman–Crippen MR) is 50.8 cm³/mol. The maximum absolute atomic E-state index is 11.1. The summed E-state index contributed by atoms with van der Waals surface area (Å²) in [6.07, 6.45) is 3.32. The second-order valence-corrected chi connectivity index (χ2v) is 2.88. The van der Waals surface area contributed by atoms with Crippen LogP contribution in [0.25, 0.3) is 0 Å². The number of carbonyl (C=O) groups is 1. The number of hydrogen-bond donors (Lipinski definition) is 0. The molecule has 0 aromatic carbocycles. The number of aryl methyl sites for hydroxylation is 1. The summed E-state index contributed by atoms with van der Waals surface area (Å²) in [5.74, 6) is 0.226. The molecule has 0 saturated heterocycles. The van der Waals surface area contributed by atoms with Gasteiger partial charge in [-0.15, -0.1) is 0 Å². The second-order valence-electron chi connectivity index (χ2n) is 2.88. The highest BCUT2D eigenvalue weighted by Gasteiger charge is 2.09. The molecule has 5 heteroatoms. The van der Waals surface area contributed by atoms with E-state index in [0.717, 1.165) is 0 Å². The largest absolute Gasteiger partial charge is 0.294 e. The highest BCUT2D eigenvalue weighted by Crippen LogP contribution is 2.09. The summed E-state index contributed by atoms with van der Waals surface area (Å²) >= 11 is 0. The smallest absolute Gasteiger partial charge is 0.238 e. The molecule has 14 heavy (non-hydrogen) atoms. The second kappa shape index (κ2) is 3.83. The van der Waals surface area contributed by atoms with Crippen LogP contribution in [0, 0.1) is 18.4 Å². The quantitative estimate of drug-likeness (QED) is 0.393. The molecule has 0 aliphatic rings. The molecule has 0 N–H and O–H groups in total. The normalized spacial score (nSPS) is 9.29. The Bertz CT molecular complexity index is 408. The van der Waals surface area contributed by atoms with Gasteiger partial charge in [-0.3, -0.25) is 9.69 Å². The lowest BCUT2D eigenvalue weighted by Crippen LogP contribution is -2.14. The molecule has 0 fully saturated rings. The van der Waals surface area contributed by atoms with E-state index in [1.54, 1.807) is 14.0 Å². The van der Waals surface area contributed by atoms with Gasteiger partial charge in [0, 0.05) is 13.2 Å². The first-order chi connectivity index (χ1) is 6.56. The van der Waals surface area contributed by atoms with Crippen molar-refractivity contribution in [1.82, 2.24) is 9.97 Å². The minimum Gasteiger partial charge on any atom is -0.294 e. The van der Waals surface area contributed by atoms with Crippen molar-refractivity contribution in [2.75, 3.05) is 11.9 Å². The summed E-state index contributed by atoms with van der Waals surface area (Å²) in [7, 11) is 1.56. The molecule has 72 valence electrons. The van der Waals surface area contributed by atoms with E-state index in [1.165, 1.54) is 18.0 Å². The standard InChI is InChI=1S/C9H10N4O/c1-6-8(7(2)14)4-11-9(12-6)13(3)5-10/h4H,1-3H3. The molecular weight excluding hydrogens is 180 g/mol. The van der Waals surface area contributed by atoms with Crippen LogP contribution >= 0.6 is 0 Å². The Morgan fingerprint density at radius 3 is 2.71 bits per heavy atom. The molecule has 0 unspecified atom stereocenters. The monoisotopic (exact) mass is 190 g/mol. The number of carbonyl (C=O) groups excluding carboxylic acids is 1. The molecule has 0 aliphatic heterocycles. The maximum Gasteiger partial charge on any atom is 0.238 e. The molecule has 0 atom stereocenters. The van der Waals surface area contributed by atoms with Gasteiger partial charge in [0.2, 0.25) is 5.95 Å². The van der Waals surface area contributed by atoms with Crippen LogP contribution in [0.2, 0.25) is 0 Å². The number of rotatable bonds is 2. The van der Waals surface area contributed by atoms with Gasteiger partial charge in [-0.25, -0.2) is 9.97 Å². The minimum absolute atomic E-state index is 0.0753. The zero-order valence-electron chi connectivity index (χ0n) is 8.27. The minimum atomic E-state index is -0.0753. The molecule has 1 rings (SSSR count). The number of hydrogen-bond acceptors (Lipinski definition) is 5. The van der Waals surface area contributed by atoms with Crippen molar-refractivity contribution < 1.29 is 4.79 Å². The van der Waals surface area contributed by atoms with Crippen LogP contribution < -0.4 is 4.90 Å². The van der Waals surface area contributed by atoms with Crippen LogP contribution in [0.15, 0.2) is 6.20 Å². The molecular formula is C9H10N4O. The zero-order chi connectivity index (χ0) is 10.7. The zero-order valence-corrected chi connectivity index (χ0v) is 8.27. The first kappa shape index (κ1) is 10.1. The highest BCUT2D eigenvalue weighted by molar-refractivity contribution is 5.94. The van der Waals surface area contributed by atoms with Gasteiger partial charge in [0.05, 0.1) is 11.3 Å². The number of aromatic nitrogens is 2. The van der Waals surface area contributed by atoms with Crippen molar-refractivity contribution in [2.24, 2.45) is 0 Å². The van der Waals surface area contributed by atoms with Gasteiger partial charge < -0.3 is 0 Å². The van der Waals surface area contributed by atoms with Gasteiger partial charge in [0.25, 0.3) is 0 Å². The average molecular weight is 190 g/mol. The third-order valence-corrected chi connectivity index (χ3v) is 1.80. The molecule has 0 radical (unpaired) electrons. The average Bonchev–Trinajstić information content (AvgIpc) is 2.15. The third-order valence-electron chi connectivity index (χ3n) is 1.80. The molecule has 0 spiro atoms. The van der Waals surface area contributed by atoms with Gasteiger partial charge in [0.1, 0.15) is 0 Å². The summed E-state index contributed by atoms with van der Waals surface area (Å²) in [4.78, 5) is 20.2. The summed E-state index contributed by atoms with van der Waals surface area (Å²) in [6, 6.07) is 0. The van der Waals surface area contributed by atoms with E-state index in [-0.39, 0.29) is 5.78 Å². The van der Waals surface area contributed by atoms with Gasteiger partial charge >= 0.3 is 0 Å². The fourth-order valence-electron chi connectivity index (χ4n) is 1.01. The Kier molecular flexibility index (Phi) is 2.77. The van der Waals surface area contributed by atoms with Crippen molar-refractivity contribution in [1.29, 1.82) is 5.26 Å². The Morgan fingerprint density at radius 1 is 1.64 bits per heavy atom. The number of nitrogens with zero attached hydrogens (tertiary/aromatic N) is 4. The van der Waals surface area contributed by atoms with Crippen LogP contribution in [-0.2, 0) is 0 Å². The van der Waals surface area contributed by atoms with E-state index in [0.29, 0.717) is 17.2 Å². The predicted octanol–water partition coefficient (Wildman–Crippen LogP) is 0.905. The number of Topliss-reactive ketones (excluding diaryl/α,β-unsaturated/α-hetero) is 1. The Labute approximate surface area is 82.0 Å². The van der Waals surface area contributed by atoms with E-state index in [4.69, 9.17) is 5.26 Å². The number of ketones is 1. The van der Waals surface area contributed by atoms with Crippen LogP contribution in [0.4, 0.5) is 5.95 Å². The Balaban J connectivity index is 3.14. The van der Waals surface area contributed by atoms with Crippen molar-refractivity contribution in [3.8, 4) is 6.19 Å². The van der Waals surface area contributed by atoms with E-state index >= 15 is 0 Å². The fraction of sp³-hybridized carbons (Fsp3) is 0.333. The van der Waals surface area contributed by atoms with E-state index in [2.05, 4.69) is 9.97 Å². The van der Waals surface area contributed by atoms with Gasteiger partial charge in [-0.2, -0.15) is 5.26 Å². The summed E-state index contributed by atoms with van der Waals surface area (Å²) < 4.78 is 0. The molecule has 5 nitrogen and oxygen atoms in total.